The summed E-state index contributed by atoms with van der Waals surface area (Å²) in [6.45, 7) is 4.45. The second kappa shape index (κ2) is 9.55. The van der Waals surface area contributed by atoms with Crippen LogP contribution in [-0.4, -0.2) is 44.4 Å². The Balaban J connectivity index is 1.70. The summed E-state index contributed by atoms with van der Waals surface area (Å²) in [4.78, 5) is 14.5. The maximum Gasteiger partial charge on any atom is 0.233 e. The van der Waals surface area contributed by atoms with E-state index in [1.807, 2.05) is 46.9 Å². The molecule has 1 aliphatic rings. The van der Waals surface area contributed by atoms with Gasteiger partial charge in [0, 0.05) is 29.7 Å². The SMILES string of the molecule is C=CCn1c(SCC(=O)N(C)C2CCCCC2)nnc1-c1ccc(Br)cc1. The molecule has 0 spiro atoms. The van der Waals surface area contributed by atoms with Crippen LogP contribution < -0.4 is 0 Å². The van der Waals surface area contributed by atoms with Gasteiger partial charge >= 0.3 is 0 Å². The Morgan fingerprint density at radius 1 is 1.30 bits per heavy atom. The Hall–Kier alpha value is -1.60. The van der Waals surface area contributed by atoms with Gasteiger partial charge in [0.05, 0.1) is 5.75 Å². The van der Waals surface area contributed by atoms with Gasteiger partial charge in [0.2, 0.25) is 5.91 Å². The average Bonchev–Trinajstić information content (AvgIpc) is 3.09. The average molecular weight is 449 g/mol. The van der Waals surface area contributed by atoms with E-state index >= 15 is 0 Å². The summed E-state index contributed by atoms with van der Waals surface area (Å²) in [6.07, 6.45) is 7.79. The Morgan fingerprint density at radius 3 is 2.67 bits per heavy atom. The lowest BCUT2D eigenvalue weighted by atomic mass is 9.94. The van der Waals surface area contributed by atoms with E-state index in [2.05, 4.69) is 32.7 Å². The second-order valence-electron chi connectivity index (χ2n) is 6.80. The molecule has 0 bridgehead atoms. The summed E-state index contributed by atoms with van der Waals surface area (Å²) < 4.78 is 3.03. The molecule has 144 valence electrons. The molecule has 1 heterocycles. The van der Waals surface area contributed by atoms with E-state index in [0.29, 0.717) is 18.3 Å². The summed E-state index contributed by atoms with van der Waals surface area (Å²) in [5, 5.41) is 9.42. The number of halogens is 1. The zero-order chi connectivity index (χ0) is 19.2. The lowest BCUT2D eigenvalue weighted by Gasteiger charge is -2.31. The molecule has 1 fully saturated rings. The minimum atomic E-state index is 0.158. The third kappa shape index (κ3) is 5.02. The smallest absolute Gasteiger partial charge is 0.233 e. The van der Waals surface area contributed by atoms with Crippen molar-refractivity contribution in [3.63, 3.8) is 0 Å². The molecule has 0 saturated heterocycles. The number of amides is 1. The first-order valence-electron chi connectivity index (χ1n) is 9.28. The number of benzene rings is 1. The summed E-state index contributed by atoms with van der Waals surface area (Å²) in [6, 6.07) is 8.36. The van der Waals surface area contributed by atoms with Gasteiger partial charge in [-0.25, -0.2) is 0 Å². The molecule has 27 heavy (non-hydrogen) atoms. The Kier molecular flexibility index (Phi) is 7.13. The highest BCUT2D eigenvalue weighted by Crippen LogP contribution is 2.27. The van der Waals surface area contributed by atoms with Crippen molar-refractivity contribution in [3.8, 4) is 11.4 Å². The van der Waals surface area contributed by atoms with E-state index < -0.39 is 0 Å². The van der Waals surface area contributed by atoms with Crippen molar-refractivity contribution in [2.45, 2.75) is 49.8 Å². The van der Waals surface area contributed by atoms with E-state index in [4.69, 9.17) is 0 Å². The summed E-state index contributed by atoms with van der Waals surface area (Å²) >= 11 is 4.90. The van der Waals surface area contributed by atoms with Gasteiger partial charge in [-0.05, 0) is 25.0 Å². The Labute approximate surface area is 173 Å². The summed E-state index contributed by atoms with van der Waals surface area (Å²) in [5.74, 6) is 1.33. The first-order valence-corrected chi connectivity index (χ1v) is 11.1. The molecule has 0 radical (unpaired) electrons. The molecule has 2 aromatic rings. The molecule has 1 aromatic carbocycles. The van der Waals surface area contributed by atoms with Crippen LogP contribution in [0.3, 0.4) is 0 Å². The molecule has 1 aromatic heterocycles. The number of hydrogen-bond acceptors (Lipinski definition) is 4. The zero-order valence-corrected chi connectivity index (χ0v) is 18.0. The van der Waals surface area contributed by atoms with Crippen molar-refractivity contribution >= 4 is 33.6 Å². The van der Waals surface area contributed by atoms with Crippen LogP contribution in [0.2, 0.25) is 0 Å². The van der Waals surface area contributed by atoms with Crippen molar-refractivity contribution < 1.29 is 4.79 Å². The van der Waals surface area contributed by atoms with Gasteiger partial charge in [-0.1, -0.05) is 65.2 Å². The molecular formula is C20H25BrN4OS. The molecule has 7 heteroatoms. The fraction of sp³-hybridized carbons (Fsp3) is 0.450. The molecule has 0 N–H and O–H groups in total. The van der Waals surface area contributed by atoms with Crippen LogP contribution in [0.1, 0.15) is 32.1 Å². The third-order valence-corrected chi connectivity index (χ3v) is 6.45. The van der Waals surface area contributed by atoms with Crippen molar-refractivity contribution in [1.82, 2.24) is 19.7 Å². The number of allylic oxidation sites excluding steroid dienone is 1. The van der Waals surface area contributed by atoms with Crippen LogP contribution in [0.4, 0.5) is 0 Å². The van der Waals surface area contributed by atoms with E-state index in [9.17, 15) is 4.79 Å². The number of hydrogen-bond donors (Lipinski definition) is 0. The number of nitrogens with zero attached hydrogens (tertiary/aromatic N) is 4. The molecule has 3 rings (SSSR count). The fourth-order valence-electron chi connectivity index (χ4n) is 3.40. The van der Waals surface area contributed by atoms with Gasteiger partial charge in [0.15, 0.2) is 11.0 Å². The van der Waals surface area contributed by atoms with Gasteiger partial charge < -0.3 is 4.90 Å². The summed E-state index contributed by atoms with van der Waals surface area (Å²) in [5.41, 5.74) is 0.991. The molecule has 1 saturated carbocycles. The molecule has 1 amide bonds. The zero-order valence-electron chi connectivity index (χ0n) is 15.6. The van der Waals surface area contributed by atoms with E-state index in [1.165, 1.54) is 31.0 Å². The molecule has 0 aliphatic heterocycles. The van der Waals surface area contributed by atoms with E-state index in [-0.39, 0.29) is 5.91 Å². The lowest BCUT2D eigenvalue weighted by Crippen LogP contribution is -2.39. The van der Waals surface area contributed by atoms with Gasteiger partial charge in [-0.2, -0.15) is 0 Å². The number of carbonyl (C=O) groups excluding carboxylic acids is 1. The van der Waals surface area contributed by atoms with Gasteiger partial charge in [-0.3, -0.25) is 9.36 Å². The van der Waals surface area contributed by atoms with Crippen LogP contribution >= 0.6 is 27.7 Å². The monoisotopic (exact) mass is 448 g/mol. The van der Waals surface area contributed by atoms with Crippen molar-refractivity contribution in [2.75, 3.05) is 12.8 Å². The quantitative estimate of drug-likeness (QED) is 0.451. The second-order valence-corrected chi connectivity index (χ2v) is 8.66. The van der Waals surface area contributed by atoms with Crippen molar-refractivity contribution in [1.29, 1.82) is 0 Å². The number of rotatable bonds is 7. The highest BCUT2D eigenvalue weighted by Gasteiger charge is 2.23. The van der Waals surface area contributed by atoms with Gasteiger partial charge in [-0.15, -0.1) is 16.8 Å². The van der Waals surface area contributed by atoms with Crippen LogP contribution in [0.5, 0.6) is 0 Å². The Bertz CT molecular complexity index is 784. The first-order chi connectivity index (χ1) is 13.1. The Morgan fingerprint density at radius 2 is 2.00 bits per heavy atom. The standard InChI is InChI=1S/C20H25BrN4OS/c1-3-13-25-19(15-9-11-16(21)12-10-15)22-23-20(25)27-14-18(26)24(2)17-7-5-4-6-8-17/h3,9-12,17H,1,4-8,13-14H2,2H3. The maximum absolute atomic E-state index is 12.6. The molecule has 0 atom stereocenters. The topological polar surface area (TPSA) is 51.0 Å². The third-order valence-electron chi connectivity index (χ3n) is 4.97. The number of aromatic nitrogens is 3. The minimum absolute atomic E-state index is 0.158. The van der Waals surface area contributed by atoms with Crippen LogP contribution in [0, 0.1) is 0 Å². The molecule has 5 nitrogen and oxygen atoms in total. The predicted octanol–water partition coefficient (Wildman–Crippen LogP) is 4.78. The van der Waals surface area contributed by atoms with Crippen LogP contribution in [0.25, 0.3) is 11.4 Å². The summed E-state index contributed by atoms with van der Waals surface area (Å²) in [7, 11) is 1.93. The van der Waals surface area contributed by atoms with Crippen molar-refractivity contribution in [2.24, 2.45) is 0 Å². The van der Waals surface area contributed by atoms with Crippen molar-refractivity contribution in [3.05, 3.63) is 41.4 Å². The van der Waals surface area contributed by atoms with E-state index in [1.54, 1.807) is 0 Å². The highest BCUT2D eigenvalue weighted by atomic mass is 79.9. The lowest BCUT2D eigenvalue weighted by molar-refractivity contribution is -0.129. The molecule has 0 unspecified atom stereocenters. The normalized spacial score (nSPS) is 14.9. The highest BCUT2D eigenvalue weighted by molar-refractivity contribution is 9.10. The fourth-order valence-corrected chi connectivity index (χ4v) is 4.54. The minimum Gasteiger partial charge on any atom is -0.342 e. The van der Waals surface area contributed by atoms with Crippen LogP contribution in [0.15, 0.2) is 46.5 Å². The largest absolute Gasteiger partial charge is 0.342 e. The van der Waals surface area contributed by atoms with Gasteiger partial charge in [0.25, 0.3) is 0 Å². The maximum atomic E-state index is 12.6. The molecule has 1 aliphatic carbocycles. The van der Waals surface area contributed by atoms with Gasteiger partial charge in [0.1, 0.15) is 0 Å². The predicted molar refractivity (Wildman–Crippen MR) is 114 cm³/mol. The molecular weight excluding hydrogens is 424 g/mol. The number of carbonyl (C=O) groups is 1. The number of thioether (sulfide) groups is 1. The van der Waals surface area contributed by atoms with Crippen LogP contribution in [-0.2, 0) is 11.3 Å². The van der Waals surface area contributed by atoms with E-state index in [0.717, 1.165) is 33.9 Å². The first kappa shape index (κ1) is 20.1.